The number of carbonyl (C=O) groups is 2. The van der Waals surface area contributed by atoms with Gasteiger partial charge in [0.15, 0.2) is 0 Å². The summed E-state index contributed by atoms with van der Waals surface area (Å²) in [5.41, 5.74) is 3.70. The molecule has 1 heterocycles. The molecule has 4 heteroatoms. The Morgan fingerprint density at radius 2 is 1.52 bits per heavy atom. The highest BCUT2D eigenvalue weighted by atomic mass is 16.2. The van der Waals surface area contributed by atoms with Gasteiger partial charge in [0.1, 0.15) is 0 Å². The maximum absolute atomic E-state index is 12.7. The first kappa shape index (κ1) is 21.1. The second kappa shape index (κ2) is 9.73. The van der Waals surface area contributed by atoms with Crippen molar-refractivity contribution >= 4 is 17.5 Å². The molecule has 0 radical (unpaired) electrons. The number of nitrogens with zero attached hydrogens (tertiary/aromatic N) is 1. The summed E-state index contributed by atoms with van der Waals surface area (Å²) in [4.78, 5) is 27.1. The standard InChI is InChI=1S/C25H32N2O2/c1-18(2)17-20-7-9-21(10-8-20)19(3)24(28)26-23-13-11-22(12-14-23)25(29)27-15-5-4-6-16-27/h7-14,18-19H,4-6,15-17H2,1-3H3,(H,26,28). The first-order valence-electron chi connectivity index (χ1n) is 10.7. The first-order chi connectivity index (χ1) is 13.9. The van der Waals surface area contributed by atoms with Gasteiger partial charge >= 0.3 is 0 Å². The van der Waals surface area contributed by atoms with Gasteiger partial charge in [0.05, 0.1) is 5.92 Å². The van der Waals surface area contributed by atoms with Crippen molar-refractivity contribution in [3.05, 3.63) is 65.2 Å². The minimum Gasteiger partial charge on any atom is -0.339 e. The number of nitrogens with one attached hydrogen (secondary N) is 1. The lowest BCUT2D eigenvalue weighted by Gasteiger charge is -2.26. The summed E-state index contributed by atoms with van der Waals surface area (Å²) in [6.45, 7) is 8.00. The second-order valence-corrected chi connectivity index (χ2v) is 8.48. The monoisotopic (exact) mass is 392 g/mol. The largest absolute Gasteiger partial charge is 0.339 e. The molecule has 1 atom stereocenters. The van der Waals surface area contributed by atoms with Crippen molar-refractivity contribution in [2.75, 3.05) is 18.4 Å². The van der Waals surface area contributed by atoms with Crippen molar-refractivity contribution in [2.24, 2.45) is 5.92 Å². The molecule has 29 heavy (non-hydrogen) atoms. The molecule has 154 valence electrons. The lowest BCUT2D eigenvalue weighted by molar-refractivity contribution is -0.117. The molecule has 1 saturated heterocycles. The van der Waals surface area contributed by atoms with Crippen molar-refractivity contribution < 1.29 is 9.59 Å². The summed E-state index contributed by atoms with van der Waals surface area (Å²) in [7, 11) is 0. The molecule has 0 saturated carbocycles. The molecule has 2 aromatic carbocycles. The quantitative estimate of drug-likeness (QED) is 0.729. The van der Waals surface area contributed by atoms with Crippen LogP contribution in [-0.2, 0) is 11.2 Å². The number of amides is 2. The van der Waals surface area contributed by atoms with Gasteiger partial charge < -0.3 is 10.2 Å². The van der Waals surface area contributed by atoms with Crippen LogP contribution in [0.25, 0.3) is 0 Å². The minimum atomic E-state index is -0.238. The zero-order valence-electron chi connectivity index (χ0n) is 17.8. The summed E-state index contributed by atoms with van der Waals surface area (Å²) in [6.07, 6.45) is 4.41. The zero-order chi connectivity index (χ0) is 20.8. The number of likely N-dealkylation sites (tertiary alicyclic amines) is 1. The van der Waals surface area contributed by atoms with Crippen molar-refractivity contribution in [3.63, 3.8) is 0 Å². The molecule has 1 fully saturated rings. The molecule has 2 amide bonds. The van der Waals surface area contributed by atoms with E-state index in [0.29, 0.717) is 17.2 Å². The van der Waals surface area contributed by atoms with Crippen LogP contribution >= 0.6 is 0 Å². The van der Waals surface area contributed by atoms with Crippen LogP contribution in [0.3, 0.4) is 0 Å². The van der Waals surface area contributed by atoms with Crippen LogP contribution in [0.1, 0.15) is 67.4 Å². The van der Waals surface area contributed by atoms with E-state index < -0.39 is 0 Å². The first-order valence-corrected chi connectivity index (χ1v) is 10.7. The second-order valence-electron chi connectivity index (χ2n) is 8.48. The molecule has 4 nitrogen and oxygen atoms in total. The maximum Gasteiger partial charge on any atom is 0.253 e. The van der Waals surface area contributed by atoms with Crippen LogP contribution in [0.4, 0.5) is 5.69 Å². The fourth-order valence-corrected chi connectivity index (χ4v) is 3.79. The summed E-state index contributed by atoms with van der Waals surface area (Å²) in [5, 5.41) is 2.97. The Morgan fingerprint density at radius 1 is 0.897 bits per heavy atom. The number of rotatable bonds is 6. The lowest BCUT2D eigenvalue weighted by Crippen LogP contribution is -2.35. The Morgan fingerprint density at radius 3 is 2.10 bits per heavy atom. The van der Waals surface area contributed by atoms with E-state index in [1.54, 1.807) is 12.1 Å². The Labute approximate surface area is 174 Å². The van der Waals surface area contributed by atoms with Gasteiger partial charge in [-0.1, -0.05) is 38.1 Å². The SMILES string of the molecule is CC(C)Cc1ccc(C(C)C(=O)Nc2ccc(C(=O)N3CCCCC3)cc2)cc1. The van der Waals surface area contributed by atoms with Gasteiger partial charge in [0.2, 0.25) is 5.91 Å². The number of hydrogen-bond donors (Lipinski definition) is 1. The van der Waals surface area contributed by atoms with E-state index in [-0.39, 0.29) is 17.7 Å². The third-order valence-electron chi connectivity index (χ3n) is 5.56. The third kappa shape index (κ3) is 5.69. The average Bonchev–Trinajstić information content (AvgIpc) is 2.74. The average molecular weight is 393 g/mol. The predicted octanol–water partition coefficient (Wildman–Crippen LogP) is 5.25. The molecular weight excluding hydrogens is 360 g/mol. The third-order valence-corrected chi connectivity index (χ3v) is 5.56. The highest BCUT2D eigenvalue weighted by Gasteiger charge is 2.19. The topological polar surface area (TPSA) is 49.4 Å². The van der Waals surface area contributed by atoms with Crippen molar-refractivity contribution in [1.82, 2.24) is 4.90 Å². The van der Waals surface area contributed by atoms with Gasteiger partial charge in [-0.3, -0.25) is 9.59 Å². The highest BCUT2D eigenvalue weighted by Crippen LogP contribution is 2.21. The van der Waals surface area contributed by atoms with Crippen LogP contribution < -0.4 is 5.32 Å². The van der Waals surface area contributed by atoms with Gasteiger partial charge in [-0.25, -0.2) is 0 Å². The van der Waals surface area contributed by atoms with Crippen LogP contribution in [0.5, 0.6) is 0 Å². The summed E-state index contributed by atoms with van der Waals surface area (Å²) < 4.78 is 0. The predicted molar refractivity (Wildman–Crippen MR) is 118 cm³/mol. The van der Waals surface area contributed by atoms with Crippen LogP contribution in [0.2, 0.25) is 0 Å². The van der Waals surface area contributed by atoms with E-state index in [1.165, 1.54) is 12.0 Å². The lowest BCUT2D eigenvalue weighted by atomic mass is 9.96. The Kier molecular flexibility index (Phi) is 7.08. The van der Waals surface area contributed by atoms with Crippen LogP contribution in [0.15, 0.2) is 48.5 Å². The molecule has 1 aliphatic rings. The van der Waals surface area contributed by atoms with Gasteiger partial charge in [-0.05, 0) is 73.9 Å². The number of hydrogen-bond acceptors (Lipinski definition) is 2. The number of carbonyl (C=O) groups excluding carboxylic acids is 2. The van der Waals surface area contributed by atoms with E-state index in [9.17, 15) is 9.59 Å². The zero-order valence-corrected chi connectivity index (χ0v) is 17.8. The van der Waals surface area contributed by atoms with E-state index in [2.05, 4.69) is 31.3 Å². The minimum absolute atomic E-state index is 0.0447. The smallest absolute Gasteiger partial charge is 0.253 e. The summed E-state index contributed by atoms with van der Waals surface area (Å²) in [5.74, 6) is 0.415. The van der Waals surface area contributed by atoms with E-state index in [1.807, 2.05) is 36.1 Å². The fraction of sp³-hybridized carbons (Fsp3) is 0.440. The normalized spacial score (nSPS) is 15.2. The van der Waals surface area contributed by atoms with Crippen LogP contribution in [0, 0.1) is 5.92 Å². The van der Waals surface area contributed by atoms with Crippen molar-refractivity contribution in [3.8, 4) is 0 Å². The van der Waals surface area contributed by atoms with Gasteiger partial charge in [-0.15, -0.1) is 0 Å². The molecule has 1 unspecified atom stereocenters. The van der Waals surface area contributed by atoms with Gasteiger partial charge in [0, 0.05) is 24.3 Å². The van der Waals surface area contributed by atoms with E-state index >= 15 is 0 Å². The van der Waals surface area contributed by atoms with Gasteiger partial charge in [0.25, 0.3) is 5.91 Å². The Balaban J connectivity index is 1.59. The molecule has 0 aromatic heterocycles. The molecule has 0 spiro atoms. The van der Waals surface area contributed by atoms with E-state index in [0.717, 1.165) is 37.9 Å². The molecule has 3 rings (SSSR count). The van der Waals surface area contributed by atoms with Crippen LogP contribution in [-0.4, -0.2) is 29.8 Å². The fourth-order valence-electron chi connectivity index (χ4n) is 3.79. The Hall–Kier alpha value is -2.62. The molecule has 2 aromatic rings. The Bertz CT molecular complexity index is 819. The van der Waals surface area contributed by atoms with Gasteiger partial charge in [-0.2, -0.15) is 0 Å². The van der Waals surface area contributed by atoms with Crippen molar-refractivity contribution in [2.45, 2.75) is 52.4 Å². The summed E-state index contributed by atoms with van der Waals surface area (Å²) in [6, 6.07) is 15.5. The molecular formula is C25H32N2O2. The number of anilines is 1. The van der Waals surface area contributed by atoms with E-state index in [4.69, 9.17) is 0 Å². The number of piperidine rings is 1. The molecule has 1 N–H and O–H groups in total. The highest BCUT2D eigenvalue weighted by molar-refractivity contribution is 5.97. The molecule has 0 bridgehead atoms. The summed E-state index contributed by atoms with van der Waals surface area (Å²) >= 11 is 0. The molecule has 1 aliphatic heterocycles. The van der Waals surface area contributed by atoms with Crippen molar-refractivity contribution in [1.29, 1.82) is 0 Å². The molecule has 0 aliphatic carbocycles. The maximum atomic E-state index is 12.7. The number of benzene rings is 2.